The number of nitro benzene ring substituents is 1. The first-order valence-electron chi connectivity index (χ1n) is 9.12. The van der Waals surface area contributed by atoms with E-state index in [0.717, 1.165) is 24.3 Å². The van der Waals surface area contributed by atoms with Crippen LogP contribution in [-0.4, -0.2) is 34.9 Å². The second-order valence-electron chi connectivity index (χ2n) is 6.65. The van der Waals surface area contributed by atoms with Crippen molar-refractivity contribution < 1.29 is 37.2 Å². The summed E-state index contributed by atoms with van der Waals surface area (Å²) in [6.45, 7) is 2.48. The molecule has 2 rings (SSSR count). The normalized spacial score (nSPS) is 12.9. The van der Waals surface area contributed by atoms with Crippen LogP contribution < -0.4 is 10.6 Å². The van der Waals surface area contributed by atoms with Crippen molar-refractivity contribution in [1.82, 2.24) is 5.32 Å². The van der Waals surface area contributed by atoms with E-state index in [9.17, 15) is 37.7 Å². The van der Waals surface area contributed by atoms with Crippen LogP contribution >= 0.6 is 0 Å². The van der Waals surface area contributed by atoms with Crippen molar-refractivity contribution in [3.8, 4) is 0 Å². The zero-order valence-corrected chi connectivity index (χ0v) is 16.8. The highest BCUT2D eigenvalue weighted by Crippen LogP contribution is 2.30. The van der Waals surface area contributed by atoms with Crippen molar-refractivity contribution in [2.75, 3.05) is 5.32 Å². The third-order valence-electron chi connectivity index (χ3n) is 4.14. The Hall–Kier alpha value is -3.96. The van der Waals surface area contributed by atoms with E-state index in [4.69, 9.17) is 4.74 Å². The van der Waals surface area contributed by atoms with E-state index in [1.807, 2.05) is 0 Å². The summed E-state index contributed by atoms with van der Waals surface area (Å²) in [4.78, 5) is 46.6. The zero-order valence-electron chi connectivity index (χ0n) is 16.8. The largest absolute Gasteiger partial charge is 0.451 e. The first-order valence-corrected chi connectivity index (χ1v) is 9.12. The average Bonchev–Trinajstić information content (AvgIpc) is 2.73. The Balaban J connectivity index is 1.95. The van der Waals surface area contributed by atoms with Gasteiger partial charge >= 0.3 is 12.1 Å². The maximum Gasteiger partial charge on any atom is 0.416 e. The van der Waals surface area contributed by atoms with Gasteiger partial charge in [0.2, 0.25) is 0 Å². The van der Waals surface area contributed by atoms with Crippen LogP contribution in [0.4, 0.5) is 24.5 Å². The quantitative estimate of drug-likeness (QED) is 0.376. The monoisotopic (exact) mass is 453 g/mol. The van der Waals surface area contributed by atoms with Crippen LogP contribution in [0.1, 0.15) is 29.8 Å². The molecule has 0 aliphatic rings. The lowest BCUT2D eigenvalue weighted by Gasteiger charge is -2.18. The molecule has 0 saturated heterocycles. The Morgan fingerprint density at radius 2 is 1.72 bits per heavy atom. The Kier molecular flexibility index (Phi) is 7.52. The minimum Gasteiger partial charge on any atom is -0.451 e. The summed E-state index contributed by atoms with van der Waals surface area (Å²) in [5.41, 5.74) is -1.47. The van der Waals surface area contributed by atoms with Gasteiger partial charge < -0.3 is 15.4 Å². The van der Waals surface area contributed by atoms with E-state index in [1.54, 1.807) is 0 Å². The van der Waals surface area contributed by atoms with Gasteiger partial charge in [0.05, 0.1) is 10.5 Å². The molecule has 2 aromatic carbocycles. The van der Waals surface area contributed by atoms with Crippen LogP contribution in [0, 0.1) is 10.1 Å². The summed E-state index contributed by atoms with van der Waals surface area (Å²) in [5, 5.41) is 15.3. The van der Waals surface area contributed by atoms with E-state index < -0.39 is 46.6 Å². The maximum absolute atomic E-state index is 12.8. The number of nitrogens with one attached hydrogen (secondary N) is 2. The van der Waals surface area contributed by atoms with Gasteiger partial charge in [-0.1, -0.05) is 12.1 Å². The minimum absolute atomic E-state index is 0.0609. The van der Waals surface area contributed by atoms with Gasteiger partial charge in [-0.25, -0.2) is 4.79 Å². The Labute approximate surface area is 179 Å². The fourth-order valence-electron chi connectivity index (χ4n) is 2.45. The standard InChI is InChI=1S/C20H18F3N3O6/c1-11(24-18(28)13-5-3-8-16(9-13)26(30)31)19(29)32-12(2)17(27)25-15-7-4-6-14(10-15)20(21,22)23/h3-12H,1-2H3,(H,24,28)(H,25,27)/t11-,12?/m0/s1. The predicted octanol–water partition coefficient (Wildman–Crippen LogP) is 3.30. The fraction of sp³-hybridized carbons (Fsp3) is 0.250. The molecule has 2 aromatic rings. The first-order chi connectivity index (χ1) is 14.9. The zero-order chi connectivity index (χ0) is 24.1. The van der Waals surface area contributed by atoms with Crippen molar-refractivity contribution in [1.29, 1.82) is 0 Å². The Bertz CT molecular complexity index is 1040. The van der Waals surface area contributed by atoms with Gasteiger partial charge in [-0.05, 0) is 38.1 Å². The molecule has 170 valence electrons. The van der Waals surface area contributed by atoms with Gasteiger partial charge in [-0.15, -0.1) is 0 Å². The van der Waals surface area contributed by atoms with E-state index >= 15 is 0 Å². The van der Waals surface area contributed by atoms with Gasteiger partial charge in [0.1, 0.15) is 6.04 Å². The molecule has 0 spiro atoms. The van der Waals surface area contributed by atoms with Gasteiger partial charge in [0.15, 0.2) is 6.10 Å². The number of esters is 1. The third-order valence-corrected chi connectivity index (χ3v) is 4.14. The van der Waals surface area contributed by atoms with Crippen LogP contribution in [0.5, 0.6) is 0 Å². The molecule has 9 nitrogen and oxygen atoms in total. The number of carbonyl (C=O) groups excluding carboxylic acids is 3. The number of hydrogen-bond donors (Lipinski definition) is 2. The van der Waals surface area contributed by atoms with Gasteiger partial charge in [-0.3, -0.25) is 19.7 Å². The topological polar surface area (TPSA) is 128 Å². The molecule has 0 aliphatic heterocycles. The van der Waals surface area contributed by atoms with E-state index in [2.05, 4.69) is 10.6 Å². The number of alkyl halides is 3. The number of ether oxygens (including phenoxy) is 1. The number of hydrogen-bond acceptors (Lipinski definition) is 6. The molecule has 0 radical (unpaired) electrons. The lowest BCUT2D eigenvalue weighted by atomic mass is 10.2. The van der Waals surface area contributed by atoms with Crippen LogP contribution in [-0.2, 0) is 20.5 Å². The summed E-state index contributed by atoms with van der Waals surface area (Å²) in [6, 6.07) is 7.54. The van der Waals surface area contributed by atoms with Crippen LogP contribution in [0.15, 0.2) is 48.5 Å². The highest BCUT2D eigenvalue weighted by molar-refractivity contribution is 5.98. The second-order valence-corrected chi connectivity index (χ2v) is 6.65. The molecule has 1 unspecified atom stereocenters. The minimum atomic E-state index is -4.59. The number of anilines is 1. The van der Waals surface area contributed by atoms with Crippen LogP contribution in [0.25, 0.3) is 0 Å². The molecular weight excluding hydrogens is 435 g/mol. The molecule has 0 heterocycles. The van der Waals surface area contributed by atoms with Crippen molar-refractivity contribution >= 4 is 29.2 Å². The van der Waals surface area contributed by atoms with Gasteiger partial charge in [0, 0.05) is 23.4 Å². The second kappa shape index (κ2) is 9.90. The molecule has 2 atom stereocenters. The highest BCUT2D eigenvalue weighted by atomic mass is 19.4. The number of benzene rings is 2. The number of nitrogens with zero attached hydrogens (tertiary/aromatic N) is 1. The summed E-state index contributed by atoms with van der Waals surface area (Å²) in [7, 11) is 0. The Morgan fingerprint density at radius 1 is 1.06 bits per heavy atom. The highest BCUT2D eigenvalue weighted by Gasteiger charge is 2.31. The molecule has 2 amide bonds. The summed E-state index contributed by atoms with van der Waals surface area (Å²) >= 11 is 0. The maximum atomic E-state index is 12.8. The average molecular weight is 453 g/mol. The molecule has 0 bridgehead atoms. The Morgan fingerprint density at radius 3 is 2.34 bits per heavy atom. The van der Waals surface area contributed by atoms with E-state index in [1.165, 1.54) is 38.1 Å². The van der Waals surface area contributed by atoms with E-state index in [-0.39, 0.29) is 16.9 Å². The van der Waals surface area contributed by atoms with Gasteiger partial charge in [0.25, 0.3) is 17.5 Å². The summed E-state index contributed by atoms with van der Waals surface area (Å²) in [5.74, 6) is -2.65. The van der Waals surface area contributed by atoms with Crippen LogP contribution in [0.2, 0.25) is 0 Å². The van der Waals surface area contributed by atoms with E-state index in [0.29, 0.717) is 0 Å². The molecular formula is C20H18F3N3O6. The molecule has 0 saturated carbocycles. The molecule has 12 heteroatoms. The van der Waals surface area contributed by atoms with Crippen molar-refractivity contribution in [2.24, 2.45) is 0 Å². The van der Waals surface area contributed by atoms with Crippen molar-refractivity contribution in [3.63, 3.8) is 0 Å². The third kappa shape index (κ3) is 6.52. The van der Waals surface area contributed by atoms with Crippen molar-refractivity contribution in [3.05, 3.63) is 69.8 Å². The molecule has 0 aromatic heterocycles. The number of rotatable bonds is 7. The lowest BCUT2D eigenvalue weighted by molar-refractivity contribution is -0.384. The molecule has 32 heavy (non-hydrogen) atoms. The first kappa shape index (κ1) is 24.3. The predicted molar refractivity (Wildman–Crippen MR) is 106 cm³/mol. The molecule has 2 N–H and O–H groups in total. The number of amides is 2. The SMILES string of the molecule is CC(OC(=O)[C@H](C)NC(=O)c1cccc([N+](=O)[O-])c1)C(=O)Nc1cccc(C(F)(F)F)c1. The fourth-order valence-corrected chi connectivity index (χ4v) is 2.45. The van der Waals surface area contributed by atoms with Gasteiger partial charge in [-0.2, -0.15) is 13.2 Å². The smallest absolute Gasteiger partial charge is 0.416 e. The summed E-state index contributed by atoms with van der Waals surface area (Å²) < 4.78 is 43.2. The number of carbonyl (C=O) groups is 3. The lowest BCUT2D eigenvalue weighted by Crippen LogP contribution is -2.42. The number of nitro groups is 1. The molecule has 0 fully saturated rings. The molecule has 0 aliphatic carbocycles. The van der Waals surface area contributed by atoms with Crippen LogP contribution in [0.3, 0.4) is 0 Å². The summed E-state index contributed by atoms with van der Waals surface area (Å²) in [6.07, 6.45) is -5.97. The van der Waals surface area contributed by atoms with Crippen molar-refractivity contribution in [2.45, 2.75) is 32.2 Å². The number of non-ortho nitro benzene ring substituents is 1. The number of halogens is 3.